The van der Waals surface area contributed by atoms with E-state index in [4.69, 9.17) is 75.8 Å². The SMILES string of the molecule is CC(=O)N[C@H]1[C@H](O[C@H]2[C@@H](O)[C@@H](CO)O[C@@H](O[C@@H]3[C@H](O)[C@@H](O)[C@H](O[C@@H]([C@@H](O)[C@H](O)CO[C@]4(C(=O)O)C[C@H](O)[C@@H](NC(=O)CO)[C@H]([C@H](O)[C@@H](CO)O[C@]5(C(=O)O)C[C@H](O)[C@@H](NC(=O)CO)[C@H]([C@H](O)[C@@H](CO)O[C@]6(C(=O)O)C[C@H](O)[C@@H](NC(=O)CO)[C@H]([C@H](O)[C@@H](CO)O[C@]7(C(=O)O)C[C@H](O)[C@@H](NC(=O)CO)[C@H]([C@H](O)[C@H](O)CO)O7)O6)O5)O4)[C@H](CO)NC(C)=O)O[C@@H]3CO)[C@@H]2O)O[C@H](CO)[C@H](O)[C@@H]1O[C@@H]1O[C@@H](C)[C@@H](O)[C@@H](O)[C@@H]1O. The summed E-state index contributed by atoms with van der Waals surface area (Å²) < 4.78 is 91.3. The molecule has 0 radical (unpaired) electrons. The van der Waals surface area contributed by atoms with Crippen molar-refractivity contribution in [2.45, 2.75) is 339 Å². The first kappa shape index (κ1) is 123. The molecule has 48 atom stereocenters. The van der Waals surface area contributed by atoms with Crippen molar-refractivity contribution in [3.05, 3.63) is 0 Å². The summed E-state index contributed by atoms with van der Waals surface area (Å²) in [5.74, 6) is -32.8. The maximum absolute atomic E-state index is 13.9. The third-order valence-electron chi connectivity index (χ3n) is 25.2. The van der Waals surface area contributed by atoms with E-state index in [9.17, 15) is 227 Å². The Hall–Kier alpha value is -7.18. The molecule has 8 fully saturated rings. The number of ether oxygens (including phenoxy) is 16. The van der Waals surface area contributed by atoms with Crippen LogP contribution in [0, 0.1) is 0 Å². The highest BCUT2D eigenvalue weighted by Gasteiger charge is 2.67. The fourth-order valence-corrected chi connectivity index (χ4v) is 17.6. The Morgan fingerprint density at radius 1 is 0.345 bits per heavy atom. The highest BCUT2D eigenvalue weighted by atomic mass is 16.8. The second-order valence-corrected chi connectivity index (χ2v) is 35.2. The number of aliphatic carboxylic acids is 4. The van der Waals surface area contributed by atoms with Gasteiger partial charge in [0.25, 0.3) is 23.1 Å². The molecule has 8 aliphatic heterocycles. The van der Waals surface area contributed by atoms with E-state index in [-0.39, 0.29) is 0 Å². The van der Waals surface area contributed by atoms with Crippen LogP contribution in [0.5, 0.6) is 0 Å². The molecule has 41 N–H and O–H groups in total. The van der Waals surface area contributed by atoms with Gasteiger partial charge in [0.1, 0.15) is 209 Å². The highest BCUT2D eigenvalue weighted by Crippen LogP contribution is 2.45. The van der Waals surface area contributed by atoms with Gasteiger partial charge < -0.3 is 286 Å². The zero-order valence-electron chi connectivity index (χ0n) is 76.7. The van der Waals surface area contributed by atoms with Gasteiger partial charge in [-0.05, 0) is 6.92 Å². The molecule has 8 heterocycles. The van der Waals surface area contributed by atoms with Gasteiger partial charge in [0.05, 0.1) is 120 Å². The van der Waals surface area contributed by atoms with Crippen molar-refractivity contribution in [1.82, 2.24) is 31.9 Å². The Bertz CT molecular complexity index is 4210. The molecule has 6 amide bonds. The van der Waals surface area contributed by atoms with Crippen molar-refractivity contribution >= 4 is 59.3 Å². The molecule has 0 aromatic heterocycles. The van der Waals surface area contributed by atoms with E-state index >= 15 is 0 Å². The summed E-state index contributed by atoms with van der Waals surface area (Å²) in [4.78, 5) is 132. The lowest BCUT2D eigenvalue weighted by atomic mass is 9.86. The summed E-state index contributed by atoms with van der Waals surface area (Å²) in [5, 5.41) is 400. The fourth-order valence-electron chi connectivity index (χ4n) is 17.6. The number of carboxylic acids is 4. The fraction of sp³-hybridized carbons (Fsp3) is 0.872. The van der Waals surface area contributed by atoms with Crippen LogP contribution >= 0.6 is 0 Å². The molecule has 67 nitrogen and oxygen atoms in total. The topological polar surface area (TPSA) is 1100 Å². The van der Waals surface area contributed by atoms with Gasteiger partial charge in [0.2, 0.25) is 35.4 Å². The number of carbonyl (C=O) groups is 10. The number of nitrogens with one attached hydrogen (secondary N) is 6. The van der Waals surface area contributed by atoms with Crippen LogP contribution in [0.4, 0.5) is 0 Å². The molecule has 836 valence electrons. The molecule has 145 heavy (non-hydrogen) atoms. The van der Waals surface area contributed by atoms with Crippen molar-refractivity contribution in [3.8, 4) is 0 Å². The van der Waals surface area contributed by atoms with E-state index in [1.54, 1.807) is 0 Å². The van der Waals surface area contributed by atoms with Crippen LogP contribution < -0.4 is 31.9 Å². The molecule has 0 aromatic rings. The van der Waals surface area contributed by atoms with Crippen LogP contribution in [0.3, 0.4) is 0 Å². The molecule has 0 aliphatic carbocycles. The molecule has 0 aromatic carbocycles. The van der Waals surface area contributed by atoms with Crippen molar-refractivity contribution in [1.29, 1.82) is 0 Å². The minimum Gasteiger partial charge on any atom is -0.477 e. The minimum absolute atomic E-state index is 0.812. The Morgan fingerprint density at radius 2 is 0.690 bits per heavy atom. The minimum atomic E-state index is -3.89. The van der Waals surface area contributed by atoms with Crippen molar-refractivity contribution < 1.29 is 302 Å². The van der Waals surface area contributed by atoms with E-state index in [2.05, 4.69) is 10.6 Å². The van der Waals surface area contributed by atoms with Crippen molar-refractivity contribution in [3.63, 3.8) is 0 Å². The van der Waals surface area contributed by atoms with Gasteiger partial charge >= 0.3 is 23.9 Å². The molecular formula is C78H128N6O61. The van der Waals surface area contributed by atoms with Gasteiger partial charge in [0.15, 0.2) is 25.2 Å². The maximum Gasteiger partial charge on any atom is 0.364 e. The predicted octanol–water partition coefficient (Wildman–Crippen LogP) is -26.4. The summed E-state index contributed by atoms with van der Waals surface area (Å²) in [6.07, 6.45) is -97.6. The second kappa shape index (κ2) is 53.2. The number of aliphatic hydroxyl groups excluding tert-OH is 31. The summed E-state index contributed by atoms with van der Waals surface area (Å²) in [7, 11) is 0. The summed E-state index contributed by atoms with van der Waals surface area (Å²) in [5.41, 5.74) is 0. The van der Waals surface area contributed by atoms with Crippen LogP contribution in [0.25, 0.3) is 0 Å². The molecule has 0 spiro atoms. The second-order valence-electron chi connectivity index (χ2n) is 35.2. The van der Waals surface area contributed by atoms with Crippen LogP contribution in [0.2, 0.25) is 0 Å². The molecule has 8 rings (SSSR count). The van der Waals surface area contributed by atoms with Gasteiger partial charge in [-0.25, -0.2) is 19.2 Å². The van der Waals surface area contributed by atoms with E-state index in [1.807, 2.05) is 21.3 Å². The number of carboxylic acid groups (broad SMARTS) is 4. The van der Waals surface area contributed by atoms with Gasteiger partial charge in [-0.3, -0.25) is 28.8 Å². The predicted molar refractivity (Wildman–Crippen MR) is 442 cm³/mol. The zero-order chi connectivity index (χ0) is 109. The standard InChI is InChI=1S/C78H128N6O61/c1-21-46(109)54(117)56(119)68(131-21)137-61-45(80-23(3)98)67(132-31(10-87)49(61)112)138-66-50(113)32(11-88)133-70(58(66)121)136-60-36(15-92)134-69(57(120)55(60)118)135-59(24(8-85)79-22(2)97)48(111)30(104)20-130-75(71(122)123)4-25(99)42(82-38(106)17-94)63(142-75)51(114)33(12-89)140-77(73(126)127)6-27(101)44(84-40(108)19-96)65(144-77)53(116)35(14-91)141-78(74(128)129)7-28(102)43(83-39(107)18-95)64(145-78)52(115)34(13-90)139-76(72(124)125)5-26(100)41(81-37(105)16-93)62(143-76)47(110)29(103)9-86/h21,24-36,41-70,85-96,99-104,109-121H,4-20H2,1-3H3,(H,79,97)(H,80,98)(H,81,105)(H,82,106)(H,83,107)(H,84,108)(H,122,123)(H,124,125)(H,126,127)(H,128,129)/t21-,24-,25-,26-,27-,28-,29+,30+,31+,32+,33+,34+,35+,36+,41+,42+,43+,44+,45+,46+,47+,48-,49-,50-,51+,52+,53+,54+,55+,56-,57+,58+,59+,60-,61+,62+,63+,64+,65+,66-,67-,68-,69-,70-,75+,76+,77+,78+/m0/s1. The van der Waals surface area contributed by atoms with E-state index in [1.165, 1.54) is 6.92 Å². The number of hydrogen-bond acceptors (Lipinski definition) is 57. The average Bonchev–Trinajstić information content (AvgIpc) is 0.764. The highest BCUT2D eigenvalue weighted by molar-refractivity contribution is 5.81. The van der Waals surface area contributed by atoms with Gasteiger partial charge in [-0.2, -0.15) is 0 Å². The molecule has 0 unspecified atom stereocenters. The molecule has 0 bridgehead atoms. The number of hydrogen-bond donors (Lipinski definition) is 41. The first-order valence-corrected chi connectivity index (χ1v) is 44.6. The van der Waals surface area contributed by atoms with E-state index in [0.717, 1.165) is 13.8 Å². The van der Waals surface area contributed by atoms with E-state index < -0.39 is 463 Å². The number of carbonyl (C=O) groups excluding carboxylic acids is 6. The quantitative estimate of drug-likeness (QED) is 0.0269. The monoisotopic (exact) mass is 2120 g/mol. The Morgan fingerprint density at radius 3 is 1.05 bits per heavy atom. The number of aliphatic hydroxyl groups is 31. The Balaban J connectivity index is 1.05. The van der Waals surface area contributed by atoms with E-state index in [0.29, 0.717) is 0 Å². The third-order valence-corrected chi connectivity index (χ3v) is 25.2. The molecule has 0 saturated carbocycles. The van der Waals surface area contributed by atoms with Crippen LogP contribution in [0.15, 0.2) is 0 Å². The normalized spacial score (nSPS) is 39.8. The molecule has 8 saturated heterocycles. The number of amides is 6. The number of rotatable bonds is 50. The lowest BCUT2D eigenvalue weighted by Gasteiger charge is -2.51. The van der Waals surface area contributed by atoms with Crippen molar-refractivity contribution in [2.24, 2.45) is 0 Å². The molecule has 8 aliphatic rings. The van der Waals surface area contributed by atoms with Crippen LogP contribution in [-0.4, -0.2) is 616 Å². The van der Waals surface area contributed by atoms with Gasteiger partial charge in [0, 0.05) is 39.5 Å². The van der Waals surface area contributed by atoms with Gasteiger partial charge in [-0.1, -0.05) is 0 Å². The van der Waals surface area contributed by atoms with Gasteiger partial charge in [-0.15, -0.1) is 0 Å². The third kappa shape index (κ3) is 28.0. The smallest absolute Gasteiger partial charge is 0.364 e. The molecular weight excluding hydrogens is 2000 g/mol. The largest absolute Gasteiger partial charge is 0.477 e. The Labute approximate surface area is 815 Å². The zero-order valence-corrected chi connectivity index (χ0v) is 76.7. The summed E-state index contributed by atoms with van der Waals surface area (Å²) in [6, 6.07) is -13.1. The average molecular weight is 2130 g/mol. The summed E-state index contributed by atoms with van der Waals surface area (Å²) >= 11 is 0. The first-order chi connectivity index (χ1) is 68.1. The summed E-state index contributed by atoms with van der Waals surface area (Å²) in [6.45, 7) is -16.4. The van der Waals surface area contributed by atoms with Crippen LogP contribution in [0.1, 0.15) is 46.5 Å². The maximum atomic E-state index is 13.9. The lowest BCUT2D eigenvalue weighted by molar-refractivity contribution is -0.383. The molecule has 67 heteroatoms. The lowest BCUT2D eigenvalue weighted by Crippen LogP contribution is -2.72. The van der Waals surface area contributed by atoms with Crippen molar-refractivity contribution in [2.75, 3.05) is 85.9 Å². The first-order valence-electron chi connectivity index (χ1n) is 44.6. The van der Waals surface area contributed by atoms with Crippen LogP contribution in [-0.2, 0) is 124 Å². The Kier molecular flexibility index (Phi) is 45.1.